The molecule has 0 radical (unpaired) electrons. The molecule has 0 aliphatic heterocycles. The molecule has 2 rings (SSSR count). The minimum atomic E-state index is 0.235. The Hall–Kier alpha value is -0.780. The van der Waals surface area contributed by atoms with Gasteiger partial charge in [0.25, 0.3) is 0 Å². The molecule has 0 aliphatic carbocycles. The number of halogens is 1. The van der Waals surface area contributed by atoms with E-state index in [0.29, 0.717) is 0 Å². The highest BCUT2D eigenvalue weighted by Crippen LogP contribution is 2.26. The van der Waals surface area contributed by atoms with Crippen molar-refractivity contribution in [3.8, 4) is 0 Å². The summed E-state index contributed by atoms with van der Waals surface area (Å²) in [6.07, 6.45) is 5.78. The van der Waals surface area contributed by atoms with Crippen LogP contribution in [0.2, 0.25) is 0 Å². The monoisotopic (exact) mass is 339 g/mol. The predicted octanol–water partition coefficient (Wildman–Crippen LogP) is 3.89. The fraction of sp³-hybridized carbons (Fsp3) is 0.429. The van der Waals surface area contributed by atoms with Crippen LogP contribution in [0.25, 0.3) is 0 Å². The van der Waals surface area contributed by atoms with E-state index in [2.05, 4.69) is 50.3 Å². The zero-order chi connectivity index (χ0) is 13.7. The lowest BCUT2D eigenvalue weighted by molar-refractivity contribution is 0.518. The lowest BCUT2D eigenvalue weighted by Gasteiger charge is -2.17. The Morgan fingerprint density at radius 1 is 1.32 bits per heavy atom. The van der Waals surface area contributed by atoms with E-state index in [9.17, 15) is 0 Å². The van der Waals surface area contributed by atoms with Crippen molar-refractivity contribution < 1.29 is 0 Å². The van der Waals surface area contributed by atoms with Crippen LogP contribution in [0.3, 0.4) is 0 Å². The molecule has 3 nitrogen and oxygen atoms in total. The van der Waals surface area contributed by atoms with Crippen LogP contribution in [-0.4, -0.2) is 16.5 Å². The van der Waals surface area contributed by atoms with Crippen LogP contribution in [0.5, 0.6) is 0 Å². The molecule has 0 spiro atoms. The molecule has 0 aliphatic rings. The van der Waals surface area contributed by atoms with Crippen LogP contribution < -0.4 is 5.32 Å². The van der Waals surface area contributed by atoms with E-state index >= 15 is 0 Å². The average Bonchev–Trinajstić information content (AvgIpc) is 2.81. The normalized spacial score (nSPS) is 12.6. The number of hydrogen-bond acceptors (Lipinski definition) is 4. The maximum Gasteiger partial charge on any atom is 0.0759 e. The number of aromatic nitrogens is 2. The Bertz CT molecular complexity index is 510. The molecular formula is C14H18BrN3S. The molecule has 0 bridgehead atoms. The molecule has 0 saturated carbocycles. The summed E-state index contributed by atoms with van der Waals surface area (Å²) in [5.41, 5.74) is 1.97. The molecule has 0 fully saturated rings. The van der Waals surface area contributed by atoms with Crippen molar-refractivity contribution in [3.05, 3.63) is 44.6 Å². The summed E-state index contributed by atoms with van der Waals surface area (Å²) in [5.74, 6) is 0. The first kappa shape index (κ1) is 14.6. The van der Waals surface area contributed by atoms with Gasteiger partial charge in [-0.25, -0.2) is 0 Å². The van der Waals surface area contributed by atoms with Crippen LogP contribution in [0.1, 0.15) is 35.7 Å². The summed E-state index contributed by atoms with van der Waals surface area (Å²) in [6.45, 7) is 5.13. The van der Waals surface area contributed by atoms with Crippen LogP contribution >= 0.6 is 27.3 Å². The summed E-state index contributed by atoms with van der Waals surface area (Å²) < 4.78 is 1.17. The van der Waals surface area contributed by atoms with E-state index in [4.69, 9.17) is 0 Å². The van der Waals surface area contributed by atoms with Gasteiger partial charge in [0, 0.05) is 17.5 Å². The van der Waals surface area contributed by atoms with Gasteiger partial charge in [-0.15, -0.1) is 11.3 Å². The summed E-state index contributed by atoms with van der Waals surface area (Å²) >= 11 is 5.29. The summed E-state index contributed by atoms with van der Waals surface area (Å²) in [6, 6.07) is 4.49. The largest absolute Gasteiger partial charge is 0.308 e. The maximum absolute atomic E-state index is 4.50. The van der Waals surface area contributed by atoms with E-state index in [-0.39, 0.29) is 6.04 Å². The fourth-order valence-electron chi connectivity index (χ4n) is 1.85. The highest BCUT2D eigenvalue weighted by Gasteiger charge is 2.14. The Morgan fingerprint density at radius 2 is 2.16 bits per heavy atom. The molecule has 5 heteroatoms. The van der Waals surface area contributed by atoms with Gasteiger partial charge in [-0.1, -0.05) is 6.92 Å². The minimum absolute atomic E-state index is 0.235. The molecule has 1 N–H and O–H groups in total. The highest BCUT2D eigenvalue weighted by atomic mass is 79.9. The predicted molar refractivity (Wildman–Crippen MR) is 83.5 cm³/mol. The molecule has 2 aromatic rings. The van der Waals surface area contributed by atoms with Gasteiger partial charge in [0.2, 0.25) is 0 Å². The second-order valence-electron chi connectivity index (χ2n) is 4.50. The number of aryl methyl sites for hydroxylation is 1. The van der Waals surface area contributed by atoms with Gasteiger partial charge in [-0.2, -0.15) is 0 Å². The number of thiophene rings is 1. The first-order chi connectivity index (χ1) is 9.19. The Balaban J connectivity index is 2.13. The second-order valence-corrected chi connectivity index (χ2v) is 7.05. The van der Waals surface area contributed by atoms with E-state index < -0.39 is 0 Å². The molecule has 1 unspecified atom stereocenters. The number of nitrogens with zero attached hydrogens (tertiary/aromatic N) is 2. The number of nitrogens with one attached hydrogen (secondary N) is 1. The van der Waals surface area contributed by atoms with Crippen molar-refractivity contribution in [1.82, 2.24) is 15.3 Å². The van der Waals surface area contributed by atoms with Crippen LogP contribution in [-0.2, 0) is 6.42 Å². The Morgan fingerprint density at radius 3 is 2.74 bits per heavy atom. The Labute approximate surface area is 126 Å². The van der Waals surface area contributed by atoms with Crippen LogP contribution in [0.15, 0.2) is 28.3 Å². The van der Waals surface area contributed by atoms with Crippen LogP contribution in [0.4, 0.5) is 0 Å². The first-order valence-corrected chi connectivity index (χ1v) is 8.06. The van der Waals surface area contributed by atoms with Gasteiger partial charge in [0.15, 0.2) is 0 Å². The van der Waals surface area contributed by atoms with Gasteiger partial charge < -0.3 is 5.32 Å². The lowest BCUT2D eigenvalue weighted by Crippen LogP contribution is -2.24. The zero-order valence-electron chi connectivity index (χ0n) is 11.2. The van der Waals surface area contributed by atoms with Gasteiger partial charge in [-0.3, -0.25) is 9.97 Å². The van der Waals surface area contributed by atoms with Crippen molar-refractivity contribution in [3.63, 3.8) is 0 Å². The molecule has 2 heterocycles. The topological polar surface area (TPSA) is 37.8 Å². The van der Waals surface area contributed by atoms with Crippen LogP contribution in [0, 0.1) is 6.92 Å². The first-order valence-electron chi connectivity index (χ1n) is 6.45. The summed E-state index contributed by atoms with van der Waals surface area (Å²) in [4.78, 5) is 10.2. The van der Waals surface area contributed by atoms with Gasteiger partial charge in [0.1, 0.15) is 0 Å². The van der Waals surface area contributed by atoms with Crippen molar-refractivity contribution in [2.45, 2.75) is 32.7 Å². The minimum Gasteiger partial charge on any atom is -0.308 e. The van der Waals surface area contributed by atoms with Gasteiger partial charge in [-0.05, 0) is 48.0 Å². The van der Waals surface area contributed by atoms with Crippen molar-refractivity contribution in [1.29, 1.82) is 0 Å². The van der Waals surface area contributed by atoms with E-state index in [1.165, 1.54) is 8.66 Å². The molecular weight excluding hydrogens is 322 g/mol. The number of hydrogen-bond donors (Lipinski definition) is 1. The van der Waals surface area contributed by atoms with Gasteiger partial charge in [0.05, 0.1) is 27.4 Å². The second kappa shape index (κ2) is 7.12. The lowest BCUT2D eigenvalue weighted by atomic mass is 10.1. The van der Waals surface area contributed by atoms with E-state index in [0.717, 1.165) is 30.8 Å². The molecule has 0 amide bonds. The molecule has 0 saturated heterocycles. The number of rotatable bonds is 6. The Kier molecular flexibility index (Phi) is 5.48. The SMILES string of the molecule is CCCNC(Cc1ccc(Br)s1)c1cnc(C)cn1. The molecule has 2 aromatic heterocycles. The summed E-state index contributed by atoms with van der Waals surface area (Å²) in [7, 11) is 0. The smallest absolute Gasteiger partial charge is 0.0759 e. The standard InChI is InChI=1S/C14H18BrN3S/c1-3-6-16-12(7-11-4-5-14(15)19-11)13-9-17-10(2)8-18-13/h4-5,8-9,12,16H,3,6-7H2,1-2H3. The summed E-state index contributed by atoms with van der Waals surface area (Å²) in [5, 5.41) is 3.55. The quantitative estimate of drug-likeness (QED) is 0.867. The van der Waals surface area contributed by atoms with Gasteiger partial charge >= 0.3 is 0 Å². The average molecular weight is 340 g/mol. The third-order valence-electron chi connectivity index (χ3n) is 2.83. The molecule has 1 atom stereocenters. The maximum atomic E-state index is 4.50. The van der Waals surface area contributed by atoms with E-state index in [1.54, 1.807) is 11.3 Å². The zero-order valence-corrected chi connectivity index (χ0v) is 13.6. The van der Waals surface area contributed by atoms with Crippen molar-refractivity contribution in [2.75, 3.05) is 6.54 Å². The third kappa shape index (κ3) is 4.37. The third-order valence-corrected chi connectivity index (χ3v) is 4.48. The molecule has 0 aromatic carbocycles. The molecule has 19 heavy (non-hydrogen) atoms. The van der Waals surface area contributed by atoms with Crippen molar-refractivity contribution in [2.24, 2.45) is 0 Å². The van der Waals surface area contributed by atoms with E-state index in [1.807, 2.05) is 19.3 Å². The fourth-order valence-corrected chi connectivity index (χ4v) is 3.37. The van der Waals surface area contributed by atoms with Crippen molar-refractivity contribution >= 4 is 27.3 Å². The highest BCUT2D eigenvalue weighted by molar-refractivity contribution is 9.11. The molecule has 102 valence electrons.